The van der Waals surface area contributed by atoms with Crippen molar-refractivity contribution >= 4 is 34.3 Å². The van der Waals surface area contributed by atoms with E-state index in [0.717, 1.165) is 15.8 Å². The maximum Gasteiger partial charge on any atom is 0.337 e. The van der Waals surface area contributed by atoms with Gasteiger partial charge < -0.3 is 4.42 Å². The molecule has 2 nitrogen and oxygen atoms in total. The third-order valence-corrected chi connectivity index (χ3v) is 3.42. The van der Waals surface area contributed by atoms with Gasteiger partial charge in [0, 0.05) is 16.3 Å². The smallest absolute Gasteiger partial charge is 0.337 e. The van der Waals surface area contributed by atoms with Crippen molar-refractivity contribution in [3.8, 4) is 11.8 Å². The van der Waals surface area contributed by atoms with Gasteiger partial charge >= 0.3 is 5.63 Å². The first kappa shape index (κ1) is 13.1. The molecule has 92 valence electrons. The van der Waals surface area contributed by atoms with E-state index < -0.39 is 0 Å². The van der Waals surface area contributed by atoms with Crippen LogP contribution in [0, 0.1) is 18.8 Å². The van der Waals surface area contributed by atoms with E-state index in [4.69, 9.17) is 16.0 Å². The third kappa shape index (κ3) is 3.10. The van der Waals surface area contributed by atoms with Crippen molar-refractivity contribution in [2.45, 2.75) is 11.8 Å². The Labute approximate surface area is 114 Å². The average molecular weight is 279 g/mol. The van der Waals surface area contributed by atoms with E-state index in [2.05, 4.69) is 11.8 Å². The van der Waals surface area contributed by atoms with Crippen molar-refractivity contribution in [1.82, 2.24) is 0 Å². The number of alkyl halides is 1. The summed E-state index contributed by atoms with van der Waals surface area (Å²) in [4.78, 5) is 12.3. The van der Waals surface area contributed by atoms with Crippen LogP contribution in [0.5, 0.6) is 0 Å². The van der Waals surface area contributed by atoms with Crippen LogP contribution in [0.2, 0.25) is 0 Å². The van der Waals surface area contributed by atoms with Crippen LogP contribution in [0.15, 0.2) is 38.4 Å². The molecule has 2 rings (SSSR count). The van der Waals surface area contributed by atoms with Crippen LogP contribution in [0.25, 0.3) is 11.0 Å². The number of hydrogen-bond acceptors (Lipinski definition) is 3. The Bertz CT molecular complexity index is 679. The largest absolute Gasteiger partial charge is 0.423 e. The summed E-state index contributed by atoms with van der Waals surface area (Å²) in [6.07, 6.45) is 0. The number of aryl methyl sites for hydroxylation is 1. The highest BCUT2D eigenvalue weighted by atomic mass is 35.5. The molecule has 0 bridgehead atoms. The highest BCUT2D eigenvalue weighted by Gasteiger charge is 2.05. The van der Waals surface area contributed by atoms with E-state index in [1.54, 1.807) is 0 Å². The zero-order valence-corrected chi connectivity index (χ0v) is 11.4. The molecule has 0 saturated carbocycles. The molecule has 1 aromatic carbocycles. The van der Waals surface area contributed by atoms with Crippen molar-refractivity contribution in [3.63, 3.8) is 0 Å². The monoisotopic (exact) mass is 278 g/mol. The van der Waals surface area contributed by atoms with Crippen molar-refractivity contribution in [1.29, 1.82) is 0 Å². The molecule has 0 spiro atoms. The van der Waals surface area contributed by atoms with Crippen molar-refractivity contribution in [2.75, 3.05) is 11.6 Å². The Kier molecular flexibility index (Phi) is 4.35. The van der Waals surface area contributed by atoms with Gasteiger partial charge in [0.2, 0.25) is 0 Å². The predicted molar refractivity (Wildman–Crippen MR) is 76.4 cm³/mol. The minimum Gasteiger partial charge on any atom is -0.423 e. The first-order chi connectivity index (χ1) is 8.70. The van der Waals surface area contributed by atoms with Crippen LogP contribution in [0.3, 0.4) is 0 Å². The number of rotatable bonds is 2. The molecular weight excluding hydrogens is 268 g/mol. The molecule has 1 heterocycles. The number of fused-ring (bicyclic) bond motifs is 1. The number of benzene rings is 1. The molecule has 0 aliphatic carbocycles. The number of halogens is 1. The Balaban J connectivity index is 2.41. The van der Waals surface area contributed by atoms with Crippen LogP contribution in [0.4, 0.5) is 0 Å². The topological polar surface area (TPSA) is 30.2 Å². The normalized spacial score (nSPS) is 10.1. The predicted octanol–water partition coefficient (Wildman–Crippen LogP) is 3.44. The second-order valence-electron chi connectivity index (χ2n) is 3.71. The molecule has 0 fully saturated rings. The summed E-state index contributed by atoms with van der Waals surface area (Å²) in [5, 5.41) is 0.951. The lowest BCUT2D eigenvalue weighted by Gasteiger charge is -2.03. The van der Waals surface area contributed by atoms with Gasteiger partial charge in [0.25, 0.3) is 0 Å². The molecule has 0 amide bonds. The second kappa shape index (κ2) is 5.99. The molecule has 2 aromatic rings. The molecular formula is C14H11ClO2S. The first-order valence-corrected chi connectivity index (χ1v) is 6.92. The van der Waals surface area contributed by atoms with Crippen LogP contribution >= 0.6 is 23.4 Å². The van der Waals surface area contributed by atoms with Gasteiger partial charge in [-0.1, -0.05) is 23.5 Å². The first-order valence-electron chi connectivity index (χ1n) is 5.39. The molecule has 0 saturated heterocycles. The summed E-state index contributed by atoms with van der Waals surface area (Å²) in [5.74, 6) is 6.66. The maximum atomic E-state index is 11.4. The van der Waals surface area contributed by atoms with Crippen LogP contribution in [0.1, 0.15) is 5.56 Å². The Hall–Kier alpha value is -1.37. The molecule has 18 heavy (non-hydrogen) atoms. The van der Waals surface area contributed by atoms with Crippen LogP contribution in [-0.2, 0) is 0 Å². The van der Waals surface area contributed by atoms with Gasteiger partial charge in [-0.15, -0.1) is 23.4 Å². The lowest BCUT2D eigenvalue weighted by Crippen LogP contribution is -1.97. The Morgan fingerprint density at radius 3 is 2.94 bits per heavy atom. The van der Waals surface area contributed by atoms with E-state index in [0.29, 0.717) is 17.2 Å². The lowest BCUT2D eigenvalue weighted by molar-refractivity contribution is 0.557. The Morgan fingerprint density at radius 1 is 1.33 bits per heavy atom. The molecule has 4 heteroatoms. The van der Waals surface area contributed by atoms with E-state index in [1.165, 1.54) is 17.8 Å². The fourth-order valence-corrected chi connectivity index (χ4v) is 2.50. The van der Waals surface area contributed by atoms with Crippen LogP contribution < -0.4 is 5.63 Å². The van der Waals surface area contributed by atoms with Crippen molar-refractivity contribution in [3.05, 3.63) is 40.2 Å². The molecule has 0 radical (unpaired) electrons. The fourth-order valence-electron chi connectivity index (χ4n) is 1.58. The summed E-state index contributed by atoms with van der Waals surface area (Å²) < 4.78 is 5.16. The quantitative estimate of drug-likeness (QED) is 0.365. The summed E-state index contributed by atoms with van der Waals surface area (Å²) >= 11 is 7.00. The fraction of sp³-hybridized carbons (Fsp3) is 0.214. The van der Waals surface area contributed by atoms with Gasteiger partial charge in [-0.3, -0.25) is 0 Å². The molecule has 0 aliphatic rings. The summed E-state index contributed by atoms with van der Waals surface area (Å²) in [6, 6.07) is 7.26. The minimum absolute atomic E-state index is 0.331. The molecule has 1 aromatic heterocycles. The lowest BCUT2D eigenvalue weighted by atomic mass is 10.2. The minimum atomic E-state index is -0.334. The Morgan fingerprint density at radius 2 is 2.17 bits per heavy atom. The zero-order valence-electron chi connectivity index (χ0n) is 9.83. The van der Waals surface area contributed by atoms with Gasteiger partial charge in [0.05, 0.1) is 11.6 Å². The second-order valence-corrected chi connectivity index (χ2v) is 4.99. The summed E-state index contributed by atoms with van der Waals surface area (Å²) in [5.41, 5.74) is 1.41. The summed E-state index contributed by atoms with van der Waals surface area (Å²) in [7, 11) is 0. The van der Waals surface area contributed by atoms with Crippen molar-refractivity contribution < 1.29 is 4.42 Å². The number of hydrogen-bond donors (Lipinski definition) is 0. The molecule has 0 aliphatic heterocycles. The molecule has 0 atom stereocenters. The zero-order chi connectivity index (χ0) is 13.0. The van der Waals surface area contributed by atoms with Gasteiger partial charge in [-0.05, 0) is 19.1 Å². The van der Waals surface area contributed by atoms with Gasteiger partial charge in [0.1, 0.15) is 5.58 Å². The van der Waals surface area contributed by atoms with Gasteiger partial charge in [-0.2, -0.15) is 0 Å². The van der Waals surface area contributed by atoms with E-state index in [1.807, 2.05) is 25.1 Å². The van der Waals surface area contributed by atoms with E-state index in [-0.39, 0.29) is 5.63 Å². The third-order valence-electron chi connectivity index (χ3n) is 2.35. The van der Waals surface area contributed by atoms with Gasteiger partial charge in [0.15, 0.2) is 0 Å². The number of thioether (sulfide) groups is 1. The van der Waals surface area contributed by atoms with Gasteiger partial charge in [-0.25, -0.2) is 4.79 Å². The molecule has 0 unspecified atom stereocenters. The van der Waals surface area contributed by atoms with E-state index in [9.17, 15) is 4.79 Å². The average Bonchev–Trinajstić information content (AvgIpc) is 2.35. The molecule has 0 N–H and O–H groups in total. The standard InChI is InChI=1S/C14H11ClO2S/c1-10-4-5-12-11(8-10)13(9-14(16)17-12)18-7-3-2-6-15/h4-5,8-9H,6-7H2,1H3. The highest BCUT2D eigenvalue weighted by Crippen LogP contribution is 2.26. The summed E-state index contributed by atoms with van der Waals surface area (Å²) in [6.45, 7) is 2.01. The van der Waals surface area contributed by atoms with E-state index >= 15 is 0 Å². The van der Waals surface area contributed by atoms with Crippen LogP contribution in [-0.4, -0.2) is 11.6 Å². The maximum absolute atomic E-state index is 11.4. The van der Waals surface area contributed by atoms with Crippen molar-refractivity contribution in [2.24, 2.45) is 0 Å². The SMILES string of the molecule is Cc1ccc2oc(=O)cc(SCC#CCCl)c2c1. The highest BCUT2D eigenvalue weighted by molar-refractivity contribution is 7.99.